The smallest absolute Gasteiger partial charge is 0.236 e. The lowest BCUT2D eigenvalue weighted by Gasteiger charge is -2.11. The van der Waals surface area contributed by atoms with Crippen LogP contribution in [0.25, 0.3) is 38.7 Å². The molecule has 2 aromatic heterocycles. The third kappa shape index (κ3) is 2.77. The minimum absolute atomic E-state index is 0.699. The van der Waals surface area contributed by atoms with Gasteiger partial charge in [-0.1, -0.05) is 84.6 Å². The number of nitrogens with zero attached hydrogens (tertiary/aromatic N) is 3. The monoisotopic (exact) mass is 403 g/mol. The van der Waals surface area contributed by atoms with Crippen LogP contribution < -0.4 is 0 Å². The minimum atomic E-state index is 0.699. The second-order valence-electron chi connectivity index (χ2n) is 7.13. The van der Waals surface area contributed by atoms with Gasteiger partial charge in [-0.25, -0.2) is 9.97 Å². The SMILES string of the molecule is c1ccc(Sc2nc(-n3c4ccccc4c4ccccc43)nc3ccccc23)cc1. The largest absolute Gasteiger partial charge is 0.278 e. The molecule has 0 radical (unpaired) electrons. The Balaban J connectivity index is 1.66. The second kappa shape index (κ2) is 7.01. The number of rotatable bonds is 3. The maximum atomic E-state index is 5.05. The molecule has 3 nitrogen and oxygen atoms in total. The fraction of sp³-hybridized carbons (Fsp3) is 0. The van der Waals surface area contributed by atoms with Gasteiger partial charge in [-0.3, -0.25) is 4.57 Å². The van der Waals surface area contributed by atoms with E-state index >= 15 is 0 Å². The van der Waals surface area contributed by atoms with Gasteiger partial charge >= 0.3 is 0 Å². The summed E-state index contributed by atoms with van der Waals surface area (Å²) in [6.07, 6.45) is 0. The molecule has 6 aromatic rings. The number of aromatic nitrogens is 3. The molecule has 0 amide bonds. The summed E-state index contributed by atoms with van der Waals surface area (Å²) in [5.74, 6) is 0.699. The van der Waals surface area contributed by atoms with Gasteiger partial charge < -0.3 is 0 Å². The molecule has 0 aliphatic carbocycles. The summed E-state index contributed by atoms with van der Waals surface area (Å²) < 4.78 is 2.17. The zero-order valence-corrected chi connectivity index (χ0v) is 16.9. The maximum Gasteiger partial charge on any atom is 0.236 e. The first-order valence-corrected chi connectivity index (χ1v) is 10.7. The van der Waals surface area contributed by atoms with E-state index in [0.29, 0.717) is 5.95 Å². The molecule has 0 aliphatic rings. The lowest BCUT2D eigenvalue weighted by Crippen LogP contribution is -2.02. The van der Waals surface area contributed by atoms with Crippen LogP contribution in [0.4, 0.5) is 0 Å². The predicted molar refractivity (Wildman–Crippen MR) is 124 cm³/mol. The van der Waals surface area contributed by atoms with Crippen LogP contribution in [0.2, 0.25) is 0 Å². The van der Waals surface area contributed by atoms with Crippen molar-refractivity contribution < 1.29 is 0 Å². The molecule has 0 saturated heterocycles. The summed E-state index contributed by atoms with van der Waals surface area (Å²) in [6, 6.07) is 35.5. The summed E-state index contributed by atoms with van der Waals surface area (Å²) in [5.41, 5.74) is 3.18. The molecule has 0 N–H and O–H groups in total. The molecule has 2 heterocycles. The van der Waals surface area contributed by atoms with Crippen molar-refractivity contribution in [1.82, 2.24) is 14.5 Å². The quantitative estimate of drug-likeness (QED) is 0.302. The fourth-order valence-corrected chi connectivity index (χ4v) is 4.88. The van der Waals surface area contributed by atoms with Gasteiger partial charge in [0.25, 0.3) is 0 Å². The third-order valence-corrected chi connectivity index (χ3v) is 6.31. The molecule has 0 saturated carbocycles. The molecule has 0 fully saturated rings. The highest BCUT2D eigenvalue weighted by atomic mass is 32.2. The van der Waals surface area contributed by atoms with Crippen molar-refractivity contribution in [1.29, 1.82) is 0 Å². The topological polar surface area (TPSA) is 30.7 Å². The van der Waals surface area contributed by atoms with E-state index in [-0.39, 0.29) is 0 Å². The molecule has 4 aromatic carbocycles. The number of benzene rings is 4. The lowest BCUT2D eigenvalue weighted by atomic mass is 10.2. The molecule has 0 bridgehead atoms. The van der Waals surface area contributed by atoms with Gasteiger partial charge in [0.05, 0.1) is 16.6 Å². The number of fused-ring (bicyclic) bond motifs is 4. The fourth-order valence-electron chi connectivity index (χ4n) is 3.95. The number of hydrogen-bond donors (Lipinski definition) is 0. The average molecular weight is 404 g/mol. The molecule has 30 heavy (non-hydrogen) atoms. The van der Waals surface area contributed by atoms with Crippen molar-refractivity contribution in [3.05, 3.63) is 103 Å². The van der Waals surface area contributed by atoms with E-state index in [4.69, 9.17) is 9.97 Å². The Morgan fingerprint density at radius 1 is 0.533 bits per heavy atom. The van der Waals surface area contributed by atoms with Gasteiger partial charge in [0.2, 0.25) is 5.95 Å². The van der Waals surface area contributed by atoms with Gasteiger partial charge in [-0.15, -0.1) is 0 Å². The first-order valence-electron chi connectivity index (χ1n) is 9.87. The Hall–Kier alpha value is -3.63. The highest BCUT2D eigenvalue weighted by Crippen LogP contribution is 2.35. The maximum absolute atomic E-state index is 5.05. The van der Waals surface area contributed by atoms with E-state index in [0.717, 1.165) is 31.9 Å². The number of hydrogen-bond acceptors (Lipinski definition) is 3. The van der Waals surface area contributed by atoms with E-state index in [1.807, 2.05) is 18.2 Å². The van der Waals surface area contributed by atoms with Crippen LogP contribution in [0, 0.1) is 0 Å². The zero-order valence-electron chi connectivity index (χ0n) is 16.1. The van der Waals surface area contributed by atoms with Crippen LogP contribution in [0.1, 0.15) is 0 Å². The van der Waals surface area contributed by atoms with Gasteiger partial charge in [0, 0.05) is 21.1 Å². The molecular formula is C26H17N3S. The van der Waals surface area contributed by atoms with E-state index in [9.17, 15) is 0 Å². The van der Waals surface area contributed by atoms with Crippen LogP contribution in [-0.2, 0) is 0 Å². The minimum Gasteiger partial charge on any atom is -0.278 e. The van der Waals surface area contributed by atoms with E-state index in [1.54, 1.807) is 11.8 Å². The van der Waals surface area contributed by atoms with E-state index in [1.165, 1.54) is 10.8 Å². The van der Waals surface area contributed by atoms with Crippen LogP contribution in [0.5, 0.6) is 0 Å². The summed E-state index contributed by atoms with van der Waals surface area (Å²) in [4.78, 5) is 11.2. The normalized spacial score (nSPS) is 11.5. The molecule has 6 rings (SSSR count). The van der Waals surface area contributed by atoms with Crippen molar-refractivity contribution in [2.24, 2.45) is 0 Å². The Bertz CT molecular complexity index is 1470. The predicted octanol–water partition coefficient (Wildman–Crippen LogP) is 6.88. The summed E-state index contributed by atoms with van der Waals surface area (Å²) in [5, 5.41) is 4.45. The van der Waals surface area contributed by atoms with Gasteiger partial charge in [0.1, 0.15) is 5.03 Å². The van der Waals surface area contributed by atoms with Crippen molar-refractivity contribution in [2.45, 2.75) is 9.92 Å². The molecular weight excluding hydrogens is 386 g/mol. The van der Waals surface area contributed by atoms with Crippen LogP contribution in [0.15, 0.2) is 113 Å². The van der Waals surface area contributed by atoms with E-state index in [2.05, 4.69) is 89.5 Å². The van der Waals surface area contributed by atoms with Crippen LogP contribution >= 0.6 is 11.8 Å². The van der Waals surface area contributed by atoms with E-state index < -0.39 is 0 Å². The first kappa shape index (κ1) is 17.2. The second-order valence-corrected chi connectivity index (χ2v) is 8.19. The number of para-hydroxylation sites is 3. The summed E-state index contributed by atoms with van der Waals surface area (Å²) in [7, 11) is 0. The highest BCUT2D eigenvalue weighted by Gasteiger charge is 2.16. The molecule has 0 atom stereocenters. The summed E-state index contributed by atoms with van der Waals surface area (Å²) >= 11 is 1.67. The van der Waals surface area contributed by atoms with Gasteiger partial charge in [0.15, 0.2) is 0 Å². The Labute approximate surface area is 178 Å². The van der Waals surface area contributed by atoms with Crippen molar-refractivity contribution >= 4 is 44.5 Å². The Morgan fingerprint density at radius 3 is 1.80 bits per heavy atom. The third-order valence-electron chi connectivity index (χ3n) is 5.29. The first-order chi connectivity index (χ1) is 14.9. The standard InChI is InChI=1S/C26H17N3S/c1-2-10-18(11-3-1)30-25-21-14-4-7-15-22(21)27-26(28-25)29-23-16-8-5-12-19(23)20-13-6-9-17-24(20)29/h1-17H. The molecule has 4 heteroatoms. The van der Waals surface area contributed by atoms with Crippen molar-refractivity contribution in [2.75, 3.05) is 0 Å². The molecule has 0 aliphatic heterocycles. The lowest BCUT2D eigenvalue weighted by molar-refractivity contribution is 0.963. The Kier molecular flexibility index (Phi) is 4.03. The molecule has 142 valence electrons. The average Bonchev–Trinajstić information content (AvgIpc) is 3.14. The van der Waals surface area contributed by atoms with Crippen LogP contribution in [-0.4, -0.2) is 14.5 Å². The zero-order chi connectivity index (χ0) is 19.9. The van der Waals surface area contributed by atoms with Crippen molar-refractivity contribution in [3.8, 4) is 5.95 Å². The van der Waals surface area contributed by atoms with Gasteiger partial charge in [-0.05, 0) is 30.3 Å². The molecule has 0 spiro atoms. The van der Waals surface area contributed by atoms with Crippen molar-refractivity contribution in [3.63, 3.8) is 0 Å². The van der Waals surface area contributed by atoms with Crippen LogP contribution in [0.3, 0.4) is 0 Å². The molecule has 0 unspecified atom stereocenters. The Morgan fingerprint density at radius 2 is 1.10 bits per heavy atom. The summed E-state index contributed by atoms with van der Waals surface area (Å²) in [6.45, 7) is 0. The van der Waals surface area contributed by atoms with Gasteiger partial charge in [-0.2, -0.15) is 0 Å². The highest BCUT2D eigenvalue weighted by molar-refractivity contribution is 7.99.